The Morgan fingerprint density at radius 2 is 1.48 bits per heavy atom. The van der Waals surface area contributed by atoms with E-state index in [-0.39, 0.29) is 16.9 Å². The molecule has 7 atom stereocenters. The molecule has 5 aliphatic rings. The number of rotatable bonds is 0. The third kappa shape index (κ3) is 1.99. The molecule has 0 bridgehead atoms. The van der Waals surface area contributed by atoms with Crippen molar-refractivity contribution in [3.05, 3.63) is 0 Å². The molecule has 4 saturated carbocycles. The van der Waals surface area contributed by atoms with E-state index >= 15 is 0 Å². The summed E-state index contributed by atoms with van der Waals surface area (Å²) in [4.78, 5) is 0. The Bertz CT molecular complexity index is 626. The third-order valence-electron chi connectivity index (χ3n) is 10.7. The van der Waals surface area contributed by atoms with Crippen molar-refractivity contribution in [3.63, 3.8) is 0 Å². The summed E-state index contributed by atoms with van der Waals surface area (Å²) in [7, 11) is 0. The lowest BCUT2D eigenvalue weighted by Crippen LogP contribution is -2.73. The van der Waals surface area contributed by atoms with Gasteiger partial charge in [0, 0.05) is 17.3 Å². The fourth-order valence-corrected chi connectivity index (χ4v) is 8.85. The summed E-state index contributed by atoms with van der Waals surface area (Å²) in [6.07, 6.45) is 7.98. The maximum absolute atomic E-state index is 12.3. The van der Waals surface area contributed by atoms with Gasteiger partial charge in [0.05, 0.1) is 24.9 Å². The van der Waals surface area contributed by atoms with Gasteiger partial charge >= 0.3 is 0 Å². The van der Waals surface area contributed by atoms with Crippen LogP contribution in [0.4, 0.5) is 0 Å². The molecule has 1 heterocycles. The monoisotopic (exact) mass is 378 g/mol. The number of hydrogen-bond acceptors (Lipinski definition) is 4. The molecule has 0 aromatic heterocycles. The molecule has 2 N–H and O–H groups in total. The Morgan fingerprint density at radius 1 is 0.778 bits per heavy atom. The van der Waals surface area contributed by atoms with Crippen molar-refractivity contribution < 1.29 is 19.7 Å². The molecule has 0 radical (unpaired) electrons. The second-order valence-corrected chi connectivity index (χ2v) is 11.4. The molecular weight excluding hydrogens is 340 g/mol. The molecule has 5 fully saturated rings. The predicted molar refractivity (Wildman–Crippen MR) is 103 cm³/mol. The van der Waals surface area contributed by atoms with Crippen LogP contribution in [0.25, 0.3) is 0 Å². The van der Waals surface area contributed by atoms with Crippen LogP contribution in [-0.2, 0) is 9.47 Å². The van der Waals surface area contributed by atoms with Crippen molar-refractivity contribution in [2.45, 2.75) is 96.6 Å². The Morgan fingerprint density at radius 3 is 2.19 bits per heavy atom. The summed E-state index contributed by atoms with van der Waals surface area (Å²) < 4.78 is 12.4. The average Bonchev–Trinajstić information content (AvgIpc) is 3.22. The smallest absolute Gasteiger partial charge is 0.176 e. The van der Waals surface area contributed by atoms with Gasteiger partial charge in [-0.1, -0.05) is 27.7 Å². The lowest BCUT2D eigenvalue weighted by molar-refractivity contribution is -0.357. The Kier molecular flexibility index (Phi) is 3.84. The van der Waals surface area contributed by atoms with E-state index in [2.05, 4.69) is 27.7 Å². The van der Waals surface area contributed by atoms with E-state index in [9.17, 15) is 10.2 Å². The van der Waals surface area contributed by atoms with E-state index in [4.69, 9.17) is 9.47 Å². The molecule has 4 nitrogen and oxygen atoms in total. The molecule has 1 unspecified atom stereocenters. The van der Waals surface area contributed by atoms with Gasteiger partial charge in [-0.3, -0.25) is 0 Å². The fraction of sp³-hybridized carbons (Fsp3) is 1.00. The zero-order chi connectivity index (χ0) is 19.3. The Labute approximate surface area is 164 Å². The molecule has 0 aromatic carbocycles. The van der Waals surface area contributed by atoms with E-state index in [0.717, 1.165) is 51.4 Å². The number of aliphatic hydroxyl groups excluding tert-OH is 1. The zero-order valence-electron chi connectivity index (χ0n) is 17.6. The first-order chi connectivity index (χ1) is 12.6. The van der Waals surface area contributed by atoms with Crippen molar-refractivity contribution >= 4 is 0 Å². The number of ether oxygens (including phenoxy) is 2. The van der Waals surface area contributed by atoms with Crippen LogP contribution in [0, 0.1) is 34.0 Å². The van der Waals surface area contributed by atoms with Gasteiger partial charge in [0.2, 0.25) is 0 Å². The highest BCUT2D eigenvalue weighted by Crippen LogP contribution is 2.72. The molecule has 27 heavy (non-hydrogen) atoms. The molecule has 5 rings (SSSR count). The highest BCUT2D eigenvalue weighted by molar-refractivity contribution is 5.21. The van der Waals surface area contributed by atoms with Crippen LogP contribution in [0.15, 0.2) is 0 Å². The third-order valence-corrected chi connectivity index (χ3v) is 10.7. The summed E-state index contributed by atoms with van der Waals surface area (Å²) in [5.41, 5.74) is -1.20. The highest BCUT2D eigenvalue weighted by atomic mass is 16.7. The molecule has 4 aliphatic carbocycles. The van der Waals surface area contributed by atoms with Gasteiger partial charge in [-0.2, -0.15) is 0 Å². The van der Waals surface area contributed by atoms with E-state index in [1.54, 1.807) is 0 Å². The largest absolute Gasteiger partial charge is 0.393 e. The molecule has 4 heteroatoms. The van der Waals surface area contributed by atoms with Crippen LogP contribution < -0.4 is 0 Å². The molecule has 1 aliphatic heterocycles. The van der Waals surface area contributed by atoms with Gasteiger partial charge in [-0.25, -0.2) is 0 Å². The summed E-state index contributed by atoms with van der Waals surface area (Å²) in [6.45, 7) is 10.3. The van der Waals surface area contributed by atoms with Gasteiger partial charge in [0.25, 0.3) is 0 Å². The predicted octanol–water partition coefficient (Wildman–Crippen LogP) is 3.88. The maximum atomic E-state index is 12.3. The molecule has 0 amide bonds. The first-order valence-electron chi connectivity index (χ1n) is 11.3. The average molecular weight is 379 g/mol. The van der Waals surface area contributed by atoms with Crippen molar-refractivity contribution in [2.24, 2.45) is 34.0 Å². The summed E-state index contributed by atoms with van der Waals surface area (Å²) >= 11 is 0. The van der Waals surface area contributed by atoms with E-state index < -0.39 is 16.8 Å². The highest BCUT2D eigenvalue weighted by Gasteiger charge is 2.74. The quantitative estimate of drug-likeness (QED) is 0.671. The second kappa shape index (κ2) is 5.50. The van der Waals surface area contributed by atoms with Crippen molar-refractivity contribution in [1.82, 2.24) is 0 Å². The normalized spacial score (nSPS) is 55.8. The minimum absolute atomic E-state index is 0.0933. The van der Waals surface area contributed by atoms with Crippen molar-refractivity contribution in [1.29, 1.82) is 0 Å². The van der Waals surface area contributed by atoms with Gasteiger partial charge in [-0.05, 0) is 68.1 Å². The van der Waals surface area contributed by atoms with E-state index in [0.29, 0.717) is 31.0 Å². The standard InChI is InChI=1S/C23H38O4/c1-19(2)22(25)10-7-15-16-5-6-18(24)20(16,3)9-8-17(15)21(22,4)11-12-23(19)26-13-14-27-23/h15-18,24-25H,5-14H2,1-4H3/t15-,16-,17-,18?,20-,21+,22+/m0/s1. The lowest BCUT2D eigenvalue weighted by Gasteiger charge is -2.70. The van der Waals surface area contributed by atoms with Gasteiger partial charge in [0.15, 0.2) is 5.79 Å². The molecule has 0 aromatic rings. The van der Waals surface area contributed by atoms with Gasteiger partial charge in [-0.15, -0.1) is 0 Å². The summed E-state index contributed by atoms with van der Waals surface area (Å²) in [5.74, 6) is 1.17. The lowest BCUT2D eigenvalue weighted by atomic mass is 9.38. The summed E-state index contributed by atoms with van der Waals surface area (Å²) in [6, 6.07) is 0. The van der Waals surface area contributed by atoms with Gasteiger partial charge in [0.1, 0.15) is 0 Å². The van der Waals surface area contributed by atoms with Crippen molar-refractivity contribution in [3.8, 4) is 0 Å². The Balaban J connectivity index is 1.53. The SMILES string of the molecule is CC1(C)C2(CC[C@]3(C)[C@H]4CC[C@]5(C)C(O)CC[C@H]5[C@@H]4CC[C@@]13O)OCCO2. The number of aliphatic hydroxyl groups is 2. The molecular formula is C23H38O4. The van der Waals surface area contributed by atoms with Crippen LogP contribution in [0.3, 0.4) is 0 Å². The first-order valence-corrected chi connectivity index (χ1v) is 11.3. The van der Waals surface area contributed by atoms with Crippen LogP contribution in [0.1, 0.15) is 79.1 Å². The molecule has 154 valence electrons. The molecule has 1 saturated heterocycles. The second-order valence-electron chi connectivity index (χ2n) is 11.4. The number of fused-ring (bicyclic) bond motifs is 5. The van der Waals surface area contributed by atoms with Crippen LogP contribution in [-0.4, -0.2) is 40.9 Å². The Hall–Kier alpha value is -0.160. The van der Waals surface area contributed by atoms with Crippen LogP contribution in [0.2, 0.25) is 0 Å². The van der Waals surface area contributed by atoms with Crippen LogP contribution in [0.5, 0.6) is 0 Å². The zero-order valence-corrected chi connectivity index (χ0v) is 17.6. The van der Waals surface area contributed by atoms with E-state index in [1.807, 2.05) is 0 Å². The maximum Gasteiger partial charge on any atom is 0.176 e. The molecule has 1 spiro atoms. The minimum Gasteiger partial charge on any atom is -0.393 e. The first kappa shape index (κ1) is 18.8. The fourth-order valence-electron chi connectivity index (χ4n) is 8.85. The number of hydrogen-bond donors (Lipinski definition) is 2. The van der Waals surface area contributed by atoms with E-state index in [1.165, 1.54) is 0 Å². The van der Waals surface area contributed by atoms with Crippen molar-refractivity contribution in [2.75, 3.05) is 13.2 Å². The minimum atomic E-state index is -0.769. The van der Waals surface area contributed by atoms with Gasteiger partial charge < -0.3 is 19.7 Å². The van der Waals surface area contributed by atoms with Crippen LogP contribution >= 0.6 is 0 Å². The topological polar surface area (TPSA) is 58.9 Å². The summed E-state index contributed by atoms with van der Waals surface area (Å²) in [5, 5.41) is 23.0.